The molecule has 25 heavy (non-hydrogen) atoms. The van der Waals surface area contributed by atoms with E-state index in [9.17, 15) is 15.1 Å². The number of thiazole rings is 1. The Hall–Kier alpha value is -2.44. The van der Waals surface area contributed by atoms with Crippen molar-refractivity contribution in [1.82, 2.24) is 4.98 Å². The summed E-state index contributed by atoms with van der Waals surface area (Å²) in [6.45, 7) is 7.41. The molecule has 0 spiro atoms. The third kappa shape index (κ3) is 4.78. The van der Waals surface area contributed by atoms with Gasteiger partial charge in [-0.25, -0.2) is 9.78 Å². The zero-order valence-corrected chi connectivity index (χ0v) is 15.2. The Morgan fingerprint density at radius 3 is 2.64 bits per heavy atom. The molecule has 0 aliphatic rings. The van der Waals surface area contributed by atoms with Crippen LogP contribution in [0.15, 0.2) is 41.8 Å². The summed E-state index contributed by atoms with van der Waals surface area (Å²) in [5.41, 5.74) is 6.18. The minimum absolute atomic E-state index is 0.282. The van der Waals surface area contributed by atoms with Gasteiger partial charge in [0.05, 0.1) is 16.4 Å². The highest BCUT2D eigenvalue weighted by molar-refractivity contribution is 7.09. The molecule has 3 N–H and O–H groups in total. The Bertz CT molecular complexity index is 809. The first-order valence-corrected chi connectivity index (χ1v) is 8.84. The van der Waals surface area contributed by atoms with Crippen LogP contribution in [0.2, 0.25) is 0 Å². The minimum atomic E-state index is -0.957. The van der Waals surface area contributed by atoms with Crippen molar-refractivity contribution in [1.29, 1.82) is 0 Å². The van der Waals surface area contributed by atoms with Crippen LogP contribution in [0, 0.1) is 0 Å². The number of anilines is 1. The number of allylic oxidation sites excluding steroid dienone is 2. The molecule has 0 bridgehead atoms. The maximum absolute atomic E-state index is 11.5. The lowest BCUT2D eigenvalue weighted by molar-refractivity contribution is -0.132. The monoisotopic (exact) mass is 358 g/mol. The molecule has 0 saturated heterocycles. The van der Waals surface area contributed by atoms with Gasteiger partial charge in [0, 0.05) is 16.5 Å². The fraction of sp³-hybridized carbons (Fsp3) is 0.263. The Morgan fingerprint density at radius 2 is 2.04 bits per heavy atom. The van der Waals surface area contributed by atoms with Crippen LogP contribution >= 0.6 is 11.3 Å². The largest absolute Gasteiger partial charge is 0.478 e. The van der Waals surface area contributed by atoms with Gasteiger partial charge >= 0.3 is 5.97 Å². The SMILES string of the molecule is C=C(C)c1csc(CCCC(=C(C)C(=O)O)c2ccccc2NO)n1. The van der Waals surface area contributed by atoms with Crippen molar-refractivity contribution in [2.75, 3.05) is 5.48 Å². The summed E-state index contributed by atoms with van der Waals surface area (Å²) in [6, 6.07) is 7.13. The number of nitrogens with zero attached hydrogens (tertiary/aromatic N) is 1. The summed E-state index contributed by atoms with van der Waals surface area (Å²) >= 11 is 1.59. The molecule has 0 saturated carbocycles. The van der Waals surface area contributed by atoms with Crippen molar-refractivity contribution in [3.8, 4) is 0 Å². The predicted molar refractivity (Wildman–Crippen MR) is 102 cm³/mol. The van der Waals surface area contributed by atoms with Crippen LogP contribution in [-0.4, -0.2) is 21.3 Å². The third-order valence-corrected chi connectivity index (χ3v) is 4.86. The lowest BCUT2D eigenvalue weighted by Crippen LogP contribution is -2.04. The molecule has 6 heteroatoms. The summed E-state index contributed by atoms with van der Waals surface area (Å²) in [7, 11) is 0. The van der Waals surface area contributed by atoms with Crippen molar-refractivity contribution >= 4 is 34.1 Å². The zero-order valence-electron chi connectivity index (χ0n) is 14.4. The number of para-hydroxylation sites is 1. The topological polar surface area (TPSA) is 82.5 Å². The third-order valence-electron chi connectivity index (χ3n) is 3.95. The van der Waals surface area contributed by atoms with Crippen LogP contribution < -0.4 is 5.48 Å². The van der Waals surface area contributed by atoms with Gasteiger partial charge < -0.3 is 5.11 Å². The summed E-state index contributed by atoms with van der Waals surface area (Å²) in [4.78, 5) is 16.0. The van der Waals surface area contributed by atoms with E-state index in [0.29, 0.717) is 23.2 Å². The van der Waals surface area contributed by atoms with Gasteiger partial charge in [0.25, 0.3) is 0 Å². The summed E-state index contributed by atoms with van der Waals surface area (Å²) < 4.78 is 0. The second kappa shape index (κ2) is 8.60. The first kappa shape index (κ1) is 18.9. The van der Waals surface area contributed by atoms with Crippen molar-refractivity contribution < 1.29 is 15.1 Å². The number of aliphatic carboxylic acids is 1. The number of aromatic nitrogens is 1. The van der Waals surface area contributed by atoms with Crippen LogP contribution in [0.4, 0.5) is 5.69 Å². The molecule has 2 rings (SSSR count). The van der Waals surface area contributed by atoms with Gasteiger partial charge in [-0.3, -0.25) is 10.7 Å². The van der Waals surface area contributed by atoms with Crippen LogP contribution in [0.25, 0.3) is 11.1 Å². The summed E-state index contributed by atoms with van der Waals surface area (Å²) in [5.74, 6) is -0.957. The minimum Gasteiger partial charge on any atom is -0.478 e. The fourth-order valence-electron chi connectivity index (χ4n) is 2.54. The van der Waals surface area contributed by atoms with Gasteiger partial charge in [-0.1, -0.05) is 24.8 Å². The van der Waals surface area contributed by atoms with E-state index in [4.69, 9.17) is 0 Å². The standard InChI is InChI=1S/C19H22N2O3S/c1-12(2)17-11-25-18(20-17)10-6-8-14(13(3)19(22)23)15-7-4-5-9-16(15)21-24/h4-5,7,9,11,21,24H,1,6,8,10H2,2-3H3,(H,22,23). The first-order valence-electron chi connectivity index (χ1n) is 7.97. The number of rotatable bonds is 8. The zero-order chi connectivity index (χ0) is 18.4. The average molecular weight is 358 g/mol. The van der Waals surface area contributed by atoms with Gasteiger partial charge in [-0.15, -0.1) is 11.3 Å². The first-order chi connectivity index (χ1) is 11.9. The van der Waals surface area contributed by atoms with E-state index in [-0.39, 0.29) is 5.57 Å². The van der Waals surface area contributed by atoms with E-state index < -0.39 is 5.97 Å². The van der Waals surface area contributed by atoms with Crippen LogP contribution in [-0.2, 0) is 11.2 Å². The normalized spacial score (nSPS) is 11.8. The number of nitrogens with one attached hydrogen (secondary N) is 1. The Morgan fingerprint density at radius 1 is 1.32 bits per heavy atom. The molecule has 1 heterocycles. The number of aryl methyl sites for hydroxylation is 1. The molecule has 0 aliphatic carbocycles. The molecule has 0 atom stereocenters. The summed E-state index contributed by atoms with van der Waals surface area (Å²) in [5, 5.41) is 21.7. The molecule has 0 amide bonds. The Balaban J connectivity index is 2.19. The van der Waals surface area contributed by atoms with E-state index in [1.807, 2.05) is 24.4 Å². The molecule has 0 fully saturated rings. The second-order valence-electron chi connectivity index (χ2n) is 5.83. The summed E-state index contributed by atoms with van der Waals surface area (Å²) in [6.07, 6.45) is 2.12. The average Bonchev–Trinajstić information content (AvgIpc) is 3.07. The van der Waals surface area contributed by atoms with Crippen molar-refractivity contribution in [2.45, 2.75) is 33.1 Å². The van der Waals surface area contributed by atoms with E-state index in [1.54, 1.807) is 30.4 Å². The van der Waals surface area contributed by atoms with E-state index >= 15 is 0 Å². The number of hydrogen-bond donors (Lipinski definition) is 3. The lowest BCUT2D eigenvalue weighted by atomic mass is 9.94. The van der Waals surface area contributed by atoms with Crippen molar-refractivity contribution in [3.63, 3.8) is 0 Å². The number of carboxylic acid groups (broad SMARTS) is 1. The molecule has 0 unspecified atom stereocenters. The van der Waals surface area contributed by atoms with Gasteiger partial charge in [-0.2, -0.15) is 0 Å². The molecule has 0 aliphatic heterocycles. The molecule has 1 aromatic heterocycles. The molecule has 132 valence electrons. The van der Waals surface area contributed by atoms with E-state index in [0.717, 1.165) is 29.1 Å². The van der Waals surface area contributed by atoms with Crippen molar-refractivity contribution in [2.24, 2.45) is 0 Å². The van der Waals surface area contributed by atoms with Crippen LogP contribution in [0.5, 0.6) is 0 Å². The molecule has 1 aromatic carbocycles. The lowest BCUT2D eigenvalue weighted by Gasteiger charge is -2.14. The number of carboxylic acids is 1. The maximum Gasteiger partial charge on any atom is 0.331 e. The molecular weight excluding hydrogens is 336 g/mol. The Labute approximate surface area is 151 Å². The number of carbonyl (C=O) groups is 1. The van der Waals surface area contributed by atoms with Crippen molar-refractivity contribution in [3.05, 3.63) is 58.1 Å². The highest BCUT2D eigenvalue weighted by Gasteiger charge is 2.15. The van der Waals surface area contributed by atoms with Crippen LogP contribution in [0.3, 0.4) is 0 Å². The Kier molecular flexibility index (Phi) is 6.50. The number of hydrogen-bond acceptors (Lipinski definition) is 5. The quantitative estimate of drug-likeness (QED) is 0.464. The highest BCUT2D eigenvalue weighted by Crippen LogP contribution is 2.31. The maximum atomic E-state index is 11.5. The van der Waals surface area contributed by atoms with Gasteiger partial charge in [0.15, 0.2) is 0 Å². The molecule has 0 radical (unpaired) electrons. The molecule has 5 nitrogen and oxygen atoms in total. The fourth-order valence-corrected chi connectivity index (χ4v) is 3.45. The molecular formula is C19H22N2O3S. The smallest absolute Gasteiger partial charge is 0.331 e. The highest BCUT2D eigenvalue weighted by atomic mass is 32.1. The second-order valence-corrected chi connectivity index (χ2v) is 6.77. The van der Waals surface area contributed by atoms with E-state index in [2.05, 4.69) is 17.0 Å². The molecule has 2 aromatic rings. The van der Waals surface area contributed by atoms with Crippen LogP contribution in [0.1, 0.15) is 43.0 Å². The van der Waals surface area contributed by atoms with E-state index in [1.165, 1.54) is 0 Å². The van der Waals surface area contributed by atoms with Gasteiger partial charge in [0.2, 0.25) is 0 Å². The number of benzene rings is 1. The van der Waals surface area contributed by atoms with Gasteiger partial charge in [-0.05, 0) is 50.3 Å². The predicted octanol–water partition coefficient (Wildman–Crippen LogP) is 4.86. The van der Waals surface area contributed by atoms with Gasteiger partial charge in [0.1, 0.15) is 0 Å².